The Morgan fingerprint density at radius 1 is 1.24 bits per heavy atom. The highest BCUT2D eigenvalue weighted by Crippen LogP contribution is 2.28. The second kappa shape index (κ2) is 7.71. The van der Waals surface area contributed by atoms with Gasteiger partial charge in [-0.15, -0.1) is 0 Å². The van der Waals surface area contributed by atoms with Gasteiger partial charge in [0.05, 0.1) is 17.3 Å². The number of halogens is 1. The van der Waals surface area contributed by atoms with Gasteiger partial charge in [0.2, 0.25) is 0 Å². The van der Waals surface area contributed by atoms with Crippen molar-refractivity contribution in [2.24, 2.45) is 0 Å². The van der Waals surface area contributed by atoms with E-state index >= 15 is 0 Å². The minimum Gasteiger partial charge on any atom is -0.304 e. The second-order valence-electron chi connectivity index (χ2n) is 5.54. The Labute approximate surface area is 133 Å². The summed E-state index contributed by atoms with van der Waals surface area (Å²) in [6.07, 6.45) is 2.29. The van der Waals surface area contributed by atoms with Crippen LogP contribution in [0, 0.1) is 0 Å². The van der Waals surface area contributed by atoms with Crippen LogP contribution < -0.4 is 10.4 Å². The molecule has 4 heteroatoms. The Bertz CT molecular complexity index is 495. The second-order valence-corrected chi connectivity index (χ2v) is 5.95. The van der Waals surface area contributed by atoms with E-state index in [2.05, 4.69) is 42.2 Å². The molecule has 0 aliphatic carbocycles. The van der Waals surface area contributed by atoms with Gasteiger partial charge in [-0.2, -0.15) is 0 Å². The minimum atomic E-state index is 0.794. The molecular weight excluding hydrogens is 282 g/mol. The van der Waals surface area contributed by atoms with E-state index in [4.69, 9.17) is 11.6 Å². The van der Waals surface area contributed by atoms with Gasteiger partial charge in [0, 0.05) is 5.70 Å². The smallest absolute Gasteiger partial charge is 0.0761 e. The number of anilines is 1. The van der Waals surface area contributed by atoms with Crippen molar-refractivity contribution >= 4 is 17.3 Å². The number of allylic oxidation sites excluding steroid dienone is 1. The molecule has 3 nitrogen and oxygen atoms in total. The number of rotatable bonds is 7. The maximum Gasteiger partial charge on any atom is 0.0761 e. The number of nitrogens with zero attached hydrogens (tertiary/aromatic N) is 2. The third kappa shape index (κ3) is 4.14. The third-order valence-electron chi connectivity index (χ3n) is 4.12. The molecule has 0 unspecified atom stereocenters. The summed E-state index contributed by atoms with van der Waals surface area (Å²) in [6, 6.07) is 7.98. The molecule has 0 radical (unpaired) electrons. The van der Waals surface area contributed by atoms with Crippen LogP contribution in [0.1, 0.15) is 33.6 Å². The summed E-state index contributed by atoms with van der Waals surface area (Å²) < 4.78 is 0. The molecule has 1 N–H and O–H groups in total. The lowest BCUT2D eigenvalue weighted by Crippen LogP contribution is -2.32. The average Bonchev–Trinajstić information content (AvgIpc) is 2.85. The molecule has 0 saturated heterocycles. The normalized spacial score (nSPS) is 15.0. The number of hydrogen-bond donors (Lipinski definition) is 1. The Balaban J connectivity index is 1.89. The number of hydrogen-bond acceptors (Lipinski definition) is 3. The van der Waals surface area contributed by atoms with E-state index in [1.807, 2.05) is 18.2 Å². The molecule has 0 fully saturated rings. The Kier molecular flexibility index (Phi) is 5.95. The molecule has 0 saturated carbocycles. The van der Waals surface area contributed by atoms with E-state index in [1.54, 1.807) is 0 Å². The quantitative estimate of drug-likeness (QED) is 0.819. The fourth-order valence-electron chi connectivity index (χ4n) is 2.74. The zero-order valence-corrected chi connectivity index (χ0v) is 14.1. The van der Waals surface area contributed by atoms with Gasteiger partial charge >= 0.3 is 0 Å². The molecule has 21 heavy (non-hydrogen) atoms. The molecule has 1 aromatic carbocycles. The first kappa shape index (κ1) is 16.2. The highest BCUT2D eigenvalue weighted by atomic mass is 35.5. The fraction of sp³-hybridized carbons (Fsp3) is 0.529. The van der Waals surface area contributed by atoms with Crippen LogP contribution in [0.3, 0.4) is 0 Å². The lowest BCUT2D eigenvalue weighted by molar-refractivity contribution is 0.299. The molecule has 0 amide bonds. The molecule has 116 valence electrons. The van der Waals surface area contributed by atoms with Crippen molar-refractivity contribution in [1.82, 2.24) is 10.3 Å². The summed E-state index contributed by atoms with van der Waals surface area (Å²) in [4.78, 5) is 2.47. The van der Waals surface area contributed by atoms with E-state index in [0.29, 0.717) is 0 Å². The van der Waals surface area contributed by atoms with Crippen LogP contribution in [0.2, 0.25) is 5.02 Å². The zero-order chi connectivity index (χ0) is 15.2. The molecular formula is C17H26ClN3. The van der Waals surface area contributed by atoms with Gasteiger partial charge in [0.1, 0.15) is 0 Å². The largest absolute Gasteiger partial charge is 0.304 e. The topological polar surface area (TPSA) is 18.5 Å². The Hall–Kier alpha value is -1.19. The standard InChI is InChI=1S/C17H26ClN3/c1-4-20(5-2)12-8-10-16-14(3)13-21(19-16)17-11-7-6-9-15(17)18/h6-7,9,11,19H,4-5,8,10,12-13H2,1-3H3. The van der Waals surface area contributed by atoms with Gasteiger partial charge in [0.15, 0.2) is 0 Å². The molecule has 0 spiro atoms. The number of benzene rings is 1. The zero-order valence-electron chi connectivity index (χ0n) is 13.3. The van der Waals surface area contributed by atoms with Crippen LogP contribution in [-0.2, 0) is 0 Å². The third-order valence-corrected chi connectivity index (χ3v) is 4.44. The van der Waals surface area contributed by atoms with E-state index in [-0.39, 0.29) is 0 Å². The molecule has 1 heterocycles. The molecule has 0 atom stereocenters. The van der Waals surface area contributed by atoms with Crippen LogP contribution in [0.5, 0.6) is 0 Å². The fourth-order valence-corrected chi connectivity index (χ4v) is 2.97. The monoisotopic (exact) mass is 307 g/mol. The Morgan fingerprint density at radius 3 is 2.62 bits per heavy atom. The van der Waals surface area contributed by atoms with Gasteiger partial charge in [-0.25, -0.2) is 0 Å². The number of nitrogens with one attached hydrogen (secondary N) is 1. The molecule has 0 bridgehead atoms. The molecule has 1 aliphatic rings. The summed E-state index contributed by atoms with van der Waals surface area (Å²) >= 11 is 6.28. The highest BCUT2D eigenvalue weighted by Gasteiger charge is 2.20. The molecule has 1 aromatic rings. The van der Waals surface area contributed by atoms with Crippen molar-refractivity contribution in [1.29, 1.82) is 0 Å². The minimum absolute atomic E-state index is 0.794. The van der Waals surface area contributed by atoms with E-state index in [1.165, 1.54) is 17.7 Å². The summed E-state index contributed by atoms with van der Waals surface area (Å²) in [5.74, 6) is 0. The van der Waals surface area contributed by atoms with Crippen LogP contribution in [0.15, 0.2) is 35.5 Å². The summed E-state index contributed by atoms with van der Waals surface area (Å²) in [5.41, 5.74) is 7.33. The van der Waals surface area contributed by atoms with E-state index < -0.39 is 0 Å². The molecule has 1 aliphatic heterocycles. The van der Waals surface area contributed by atoms with Gasteiger partial charge in [0.25, 0.3) is 0 Å². The van der Waals surface area contributed by atoms with Crippen molar-refractivity contribution < 1.29 is 0 Å². The van der Waals surface area contributed by atoms with E-state index in [0.717, 1.165) is 43.3 Å². The van der Waals surface area contributed by atoms with Crippen molar-refractivity contribution in [3.05, 3.63) is 40.6 Å². The molecule has 2 rings (SSSR count). The molecule has 0 aromatic heterocycles. The van der Waals surface area contributed by atoms with Crippen LogP contribution in [-0.4, -0.2) is 31.1 Å². The predicted molar refractivity (Wildman–Crippen MR) is 91.7 cm³/mol. The first-order valence-electron chi connectivity index (χ1n) is 7.85. The number of hydrazine groups is 1. The van der Waals surface area contributed by atoms with Crippen molar-refractivity contribution in [3.63, 3.8) is 0 Å². The van der Waals surface area contributed by atoms with Crippen LogP contribution in [0.25, 0.3) is 0 Å². The van der Waals surface area contributed by atoms with Crippen LogP contribution >= 0.6 is 11.6 Å². The van der Waals surface area contributed by atoms with Gasteiger partial charge in [-0.05, 0) is 57.1 Å². The maximum absolute atomic E-state index is 6.28. The lowest BCUT2D eigenvalue weighted by atomic mass is 10.1. The first-order chi connectivity index (χ1) is 10.2. The summed E-state index contributed by atoms with van der Waals surface area (Å²) in [5, 5.41) is 2.94. The summed E-state index contributed by atoms with van der Waals surface area (Å²) in [7, 11) is 0. The first-order valence-corrected chi connectivity index (χ1v) is 8.23. The van der Waals surface area contributed by atoms with Gasteiger partial charge in [-0.3, -0.25) is 5.01 Å². The predicted octanol–water partition coefficient (Wildman–Crippen LogP) is 4.06. The Morgan fingerprint density at radius 2 is 1.95 bits per heavy atom. The van der Waals surface area contributed by atoms with E-state index in [9.17, 15) is 0 Å². The maximum atomic E-state index is 6.28. The SMILES string of the molecule is CCN(CC)CCCC1=C(C)CN(c2ccccc2Cl)N1. The average molecular weight is 308 g/mol. The highest BCUT2D eigenvalue weighted by molar-refractivity contribution is 6.33. The summed E-state index contributed by atoms with van der Waals surface area (Å²) in [6.45, 7) is 11.0. The van der Waals surface area contributed by atoms with Gasteiger partial charge < -0.3 is 10.3 Å². The lowest BCUT2D eigenvalue weighted by Gasteiger charge is -2.22. The van der Waals surface area contributed by atoms with Crippen molar-refractivity contribution in [3.8, 4) is 0 Å². The van der Waals surface area contributed by atoms with Crippen molar-refractivity contribution in [2.45, 2.75) is 33.6 Å². The van der Waals surface area contributed by atoms with Crippen molar-refractivity contribution in [2.75, 3.05) is 31.2 Å². The van der Waals surface area contributed by atoms with Gasteiger partial charge in [-0.1, -0.05) is 37.6 Å². The van der Waals surface area contributed by atoms with Crippen LogP contribution in [0.4, 0.5) is 5.69 Å². The number of para-hydroxylation sites is 1.